The van der Waals surface area contributed by atoms with Crippen LogP contribution in [0.4, 0.5) is 10.6 Å². The third kappa shape index (κ3) is 3.79. The molecule has 2 N–H and O–H groups in total. The lowest BCUT2D eigenvalue weighted by Crippen LogP contribution is -2.47. The molecular formula is C20H22N4O2. The lowest BCUT2D eigenvalue weighted by molar-refractivity contribution is 0.234. The third-order valence-electron chi connectivity index (χ3n) is 4.77. The van der Waals surface area contributed by atoms with Crippen LogP contribution in [0, 0.1) is 0 Å². The number of piperidine rings is 1. The maximum absolute atomic E-state index is 12.2. The summed E-state index contributed by atoms with van der Waals surface area (Å²) in [7, 11) is 0. The minimum absolute atomic E-state index is 0.117. The minimum atomic E-state index is -0.117. The summed E-state index contributed by atoms with van der Waals surface area (Å²) in [6.45, 7) is 2.30. The summed E-state index contributed by atoms with van der Waals surface area (Å²) in [5, 5.41) is 7.06. The molecule has 0 unspecified atom stereocenters. The highest BCUT2D eigenvalue weighted by molar-refractivity contribution is 5.78. The number of anilines is 1. The largest absolute Gasteiger partial charge is 0.464 e. The maximum Gasteiger partial charge on any atom is 0.315 e. The number of hydrogen-bond acceptors (Lipinski definition) is 4. The van der Waals surface area contributed by atoms with Gasteiger partial charge in [-0.15, -0.1) is 0 Å². The first-order valence-corrected chi connectivity index (χ1v) is 8.94. The molecule has 26 heavy (non-hydrogen) atoms. The minimum Gasteiger partial charge on any atom is -0.464 e. The molecule has 6 nitrogen and oxygen atoms in total. The molecule has 0 aliphatic carbocycles. The molecule has 3 aromatic rings. The second-order valence-electron chi connectivity index (χ2n) is 6.57. The number of aromatic nitrogens is 1. The van der Waals surface area contributed by atoms with Crippen molar-refractivity contribution >= 4 is 22.8 Å². The summed E-state index contributed by atoms with van der Waals surface area (Å²) < 4.78 is 5.33. The second-order valence-corrected chi connectivity index (χ2v) is 6.57. The molecule has 1 fully saturated rings. The molecule has 6 heteroatoms. The van der Waals surface area contributed by atoms with Crippen molar-refractivity contribution in [2.45, 2.75) is 25.4 Å². The Morgan fingerprint density at radius 3 is 2.88 bits per heavy atom. The fraction of sp³-hybridized carbons (Fsp3) is 0.300. The second kappa shape index (κ2) is 7.47. The van der Waals surface area contributed by atoms with Crippen LogP contribution in [0.5, 0.6) is 0 Å². The molecule has 3 heterocycles. The highest BCUT2D eigenvalue weighted by atomic mass is 16.3. The zero-order chi connectivity index (χ0) is 17.8. The number of rotatable bonds is 4. The maximum atomic E-state index is 12.2. The first-order valence-electron chi connectivity index (χ1n) is 8.94. The van der Waals surface area contributed by atoms with Crippen LogP contribution in [0.15, 0.2) is 59.3 Å². The van der Waals surface area contributed by atoms with Gasteiger partial charge in [0, 0.05) is 37.3 Å². The average Bonchev–Trinajstić information content (AvgIpc) is 3.15. The van der Waals surface area contributed by atoms with Gasteiger partial charge in [0.05, 0.1) is 6.26 Å². The predicted octanol–water partition coefficient (Wildman–Crippen LogP) is 3.30. The highest BCUT2D eigenvalue weighted by Gasteiger charge is 2.21. The van der Waals surface area contributed by atoms with Gasteiger partial charge < -0.3 is 20.0 Å². The summed E-state index contributed by atoms with van der Waals surface area (Å²) >= 11 is 0. The highest BCUT2D eigenvalue weighted by Crippen LogP contribution is 2.18. The van der Waals surface area contributed by atoms with E-state index in [4.69, 9.17) is 4.42 Å². The van der Waals surface area contributed by atoms with Gasteiger partial charge in [0.25, 0.3) is 0 Å². The number of pyridine rings is 1. The quantitative estimate of drug-likeness (QED) is 0.757. The van der Waals surface area contributed by atoms with Gasteiger partial charge in [-0.1, -0.05) is 12.1 Å². The number of carbonyl (C=O) groups excluding carboxylic acids is 1. The van der Waals surface area contributed by atoms with Gasteiger partial charge >= 0.3 is 6.03 Å². The van der Waals surface area contributed by atoms with Crippen LogP contribution in [0.3, 0.4) is 0 Å². The fourth-order valence-electron chi connectivity index (χ4n) is 3.34. The lowest BCUT2D eigenvalue weighted by atomic mass is 10.1. The van der Waals surface area contributed by atoms with E-state index in [1.807, 2.05) is 48.7 Å². The molecule has 2 amide bonds. The van der Waals surface area contributed by atoms with E-state index >= 15 is 0 Å². The van der Waals surface area contributed by atoms with Crippen molar-refractivity contribution in [2.24, 2.45) is 0 Å². The molecule has 2 aromatic heterocycles. The lowest BCUT2D eigenvalue weighted by Gasteiger charge is -2.33. The molecule has 1 aromatic carbocycles. The van der Waals surface area contributed by atoms with Crippen LogP contribution < -0.4 is 15.5 Å². The Morgan fingerprint density at radius 1 is 1.19 bits per heavy atom. The third-order valence-corrected chi connectivity index (χ3v) is 4.77. The zero-order valence-corrected chi connectivity index (χ0v) is 14.5. The molecule has 4 rings (SSSR count). The Labute approximate surface area is 152 Å². The van der Waals surface area contributed by atoms with Gasteiger partial charge in [0.1, 0.15) is 11.4 Å². The van der Waals surface area contributed by atoms with Gasteiger partial charge in [0.2, 0.25) is 0 Å². The Morgan fingerprint density at radius 2 is 2.08 bits per heavy atom. The van der Waals surface area contributed by atoms with Crippen molar-refractivity contribution in [1.29, 1.82) is 0 Å². The number of urea groups is 1. The molecular weight excluding hydrogens is 328 g/mol. The first-order chi connectivity index (χ1) is 12.8. The van der Waals surface area contributed by atoms with Crippen LogP contribution in [0.2, 0.25) is 0 Å². The van der Waals surface area contributed by atoms with Crippen LogP contribution in [-0.4, -0.2) is 30.1 Å². The van der Waals surface area contributed by atoms with Crippen LogP contribution in [-0.2, 0) is 6.54 Å². The van der Waals surface area contributed by atoms with E-state index in [0.29, 0.717) is 6.54 Å². The SMILES string of the molecule is O=C(NCc1ccc2occc2c1)NC1CCN(c2ccccn2)CC1. The van der Waals surface area contributed by atoms with Crippen molar-refractivity contribution in [3.05, 3.63) is 60.5 Å². The zero-order valence-electron chi connectivity index (χ0n) is 14.5. The normalized spacial score (nSPS) is 15.2. The number of nitrogens with zero attached hydrogens (tertiary/aromatic N) is 2. The number of carbonyl (C=O) groups is 1. The van der Waals surface area contributed by atoms with E-state index in [0.717, 1.165) is 48.3 Å². The molecule has 0 atom stereocenters. The number of nitrogens with one attached hydrogen (secondary N) is 2. The van der Waals surface area contributed by atoms with Crippen LogP contribution >= 0.6 is 0 Å². The molecule has 1 aliphatic heterocycles. The van der Waals surface area contributed by atoms with Crippen molar-refractivity contribution in [3.63, 3.8) is 0 Å². The summed E-state index contributed by atoms with van der Waals surface area (Å²) in [6.07, 6.45) is 5.33. The standard InChI is InChI=1S/C20H22N4O2/c25-20(22-14-15-4-5-18-16(13-15)8-12-26-18)23-17-6-10-24(11-7-17)19-3-1-2-9-21-19/h1-5,8-9,12-13,17H,6-7,10-11,14H2,(H2,22,23,25). The van der Waals surface area contributed by atoms with Crippen molar-refractivity contribution < 1.29 is 9.21 Å². The molecule has 0 saturated carbocycles. The van der Waals surface area contributed by atoms with E-state index in [1.54, 1.807) is 6.26 Å². The Kier molecular flexibility index (Phi) is 4.73. The van der Waals surface area contributed by atoms with E-state index in [1.165, 1.54) is 0 Å². The summed E-state index contributed by atoms with van der Waals surface area (Å²) in [5.74, 6) is 1.00. The number of benzene rings is 1. The van der Waals surface area contributed by atoms with E-state index in [2.05, 4.69) is 20.5 Å². The smallest absolute Gasteiger partial charge is 0.315 e. The van der Waals surface area contributed by atoms with Gasteiger partial charge in [-0.05, 0) is 48.7 Å². The summed E-state index contributed by atoms with van der Waals surface area (Å²) in [6, 6.07) is 13.9. The molecule has 134 valence electrons. The van der Waals surface area contributed by atoms with Gasteiger partial charge in [-0.25, -0.2) is 9.78 Å². The van der Waals surface area contributed by atoms with Crippen molar-refractivity contribution in [3.8, 4) is 0 Å². The molecule has 0 bridgehead atoms. The van der Waals surface area contributed by atoms with Gasteiger partial charge in [-0.3, -0.25) is 0 Å². The van der Waals surface area contributed by atoms with Gasteiger partial charge in [-0.2, -0.15) is 0 Å². The van der Waals surface area contributed by atoms with Crippen LogP contribution in [0.25, 0.3) is 11.0 Å². The number of fused-ring (bicyclic) bond motifs is 1. The Bertz CT molecular complexity index is 870. The number of furan rings is 1. The summed E-state index contributed by atoms with van der Waals surface area (Å²) in [5.41, 5.74) is 1.91. The topological polar surface area (TPSA) is 70.4 Å². The predicted molar refractivity (Wildman–Crippen MR) is 101 cm³/mol. The molecule has 1 aliphatic rings. The van der Waals surface area contributed by atoms with E-state index < -0.39 is 0 Å². The van der Waals surface area contributed by atoms with Crippen molar-refractivity contribution in [1.82, 2.24) is 15.6 Å². The average molecular weight is 350 g/mol. The first kappa shape index (κ1) is 16.4. The number of hydrogen-bond donors (Lipinski definition) is 2. The van der Waals surface area contributed by atoms with Crippen LogP contribution in [0.1, 0.15) is 18.4 Å². The molecule has 0 spiro atoms. The van der Waals surface area contributed by atoms with Gasteiger partial charge in [0.15, 0.2) is 0 Å². The Balaban J connectivity index is 1.24. The molecule has 0 radical (unpaired) electrons. The monoisotopic (exact) mass is 350 g/mol. The van der Waals surface area contributed by atoms with Crippen molar-refractivity contribution in [2.75, 3.05) is 18.0 Å². The Hall–Kier alpha value is -3.02. The van der Waals surface area contributed by atoms with E-state index in [9.17, 15) is 4.79 Å². The number of amides is 2. The molecule has 1 saturated heterocycles. The summed E-state index contributed by atoms with van der Waals surface area (Å²) in [4.78, 5) is 18.8. The fourth-order valence-corrected chi connectivity index (χ4v) is 3.34. The van der Waals surface area contributed by atoms with E-state index in [-0.39, 0.29) is 12.1 Å².